The SMILES string of the molecule is CCOCCOC(=O)C(CC)(CC)CN. The van der Waals surface area contributed by atoms with Crippen LogP contribution in [0.15, 0.2) is 0 Å². The van der Waals surface area contributed by atoms with Crippen molar-refractivity contribution in [1.29, 1.82) is 0 Å². The molecule has 0 unspecified atom stereocenters. The maximum atomic E-state index is 11.8. The summed E-state index contributed by atoms with van der Waals surface area (Å²) >= 11 is 0. The summed E-state index contributed by atoms with van der Waals surface area (Å²) in [4.78, 5) is 11.8. The van der Waals surface area contributed by atoms with Gasteiger partial charge in [-0.15, -0.1) is 0 Å². The number of esters is 1. The highest BCUT2D eigenvalue weighted by atomic mass is 16.6. The van der Waals surface area contributed by atoms with Gasteiger partial charge in [0.15, 0.2) is 0 Å². The van der Waals surface area contributed by atoms with Crippen molar-refractivity contribution in [2.75, 3.05) is 26.4 Å². The number of hydrogen-bond acceptors (Lipinski definition) is 4. The minimum atomic E-state index is -0.508. The first-order valence-corrected chi connectivity index (χ1v) is 5.61. The van der Waals surface area contributed by atoms with Crippen LogP contribution in [-0.2, 0) is 14.3 Å². The molecule has 0 fully saturated rings. The molecule has 0 aromatic rings. The minimum Gasteiger partial charge on any atom is -0.463 e. The molecule has 0 saturated carbocycles. The van der Waals surface area contributed by atoms with E-state index in [1.165, 1.54) is 0 Å². The van der Waals surface area contributed by atoms with E-state index in [4.69, 9.17) is 15.2 Å². The second kappa shape index (κ2) is 7.65. The van der Waals surface area contributed by atoms with Crippen molar-refractivity contribution in [2.45, 2.75) is 33.6 Å². The van der Waals surface area contributed by atoms with Crippen LogP contribution in [0.2, 0.25) is 0 Å². The molecular formula is C11H23NO3. The normalized spacial score (nSPS) is 11.5. The van der Waals surface area contributed by atoms with Crippen LogP contribution in [0.3, 0.4) is 0 Å². The molecular weight excluding hydrogens is 194 g/mol. The Morgan fingerprint density at radius 3 is 2.20 bits per heavy atom. The molecule has 4 nitrogen and oxygen atoms in total. The molecule has 0 aromatic heterocycles. The number of carbonyl (C=O) groups is 1. The molecule has 0 heterocycles. The summed E-state index contributed by atoms with van der Waals surface area (Å²) in [5.74, 6) is -0.199. The highest BCUT2D eigenvalue weighted by Crippen LogP contribution is 2.26. The molecule has 4 heteroatoms. The topological polar surface area (TPSA) is 61.5 Å². The third-order valence-corrected chi connectivity index (χ3v) is 2.84. The Morgan fingerprint density at radius 2 is 1.80 bits per heavy atom. The quantitative estimate of drug-likeness (QED) is 0.492. The number of rotatable bonds is 8. The molecule has 0 rings (SSSR count). The summed E-state index contributed by atoms with van der Waals surface area (Å²) in [6.45, 7) is 7.57. The lowest BCUT2D eigenvalue weighted by molar-refractivity contribution is -0.157. The third-order valence-electron chi connectivity index (χ3n) is 2.84. The summed E-state index contributed by atoms with van der Waals surface area (Å²) in [7, 11) is 0. The summed E-state index contributed by atoms with van der Waals surface area (Å²) < 4.78 is 10.2. The Bertz CT molecular complexity index is 170. The highest BCUT2D eigenvalue weighted by Gasteiger charge is 2.34. The molecule has 0 aromatic carbocycles. The van der Waals surface area contributed by atoms with Crippen LogP contribution >= 0.6 is 0 Å². The lowest BCUT2D eigenvalue weighted by atomic mass is 9.82. The fraction of sp³-hybridized carbons (Fsp3) is 0.909. The van der Waals surface area contributed by atoms with Crippen molar-refractivity contribution in [3.63, 3.8) is 0 Å². The number of hydrogen-bond donors (Lipinski definition) is 1. The largest absolute Gasteiger partial charge is 0.463 e. The molecule has 0 amide bonds. The second-order valence-corrected chi connectivity index (χ2v) is 3.52. The van der Waals surface area contributed by atoms with Crippen molar-refractivity contribution in [1.82, 2.24) is 0 Å². The third kappa shape index (κ3) is 4.18. The van der Waals surface area contributed by atoms with Crippen molar-refractivity contribution < 1.29 is 14.3 Å². The van der Waals surface area contributed by atoms with Gasteiger partial charge in [-0.05, 0) is 19.8 Å². The summed E-state index contributed by atoms with van der Waals surface area (Å²) in [5, 5.41) is 0. The van der Waals surface area contributed by atoms with Crippen LogP contribution in [-0.4, -0.2) is 32.3 Å². The van der Waals surface area contributed by atoms with Gasteiger partial charge in [0, 0.05) is 13.2 Å². The molecule has 0 spiro atoms. The van der Waals surface area contributed by atoms with Crippen LogP contribution in [0, 0.1) is 5.41 Å². The first kappa shape index (κ1) is 14.4. The maximum Gasteiger partial charge on any atom is 0.313 e. The van der Waals surface area contributed by atoms with Gasteiger partial charge in [0.1, 0.15) is 6.61 Å². The van der Waals surface area contributed by atoms with E-state index in [2.05, 4.69) is 0 Å². The average molecular weight is 217 g/mol. The standard InChI is InChI=1S/C11H23NO3/c1-4-11(5-2,9-12)10(13)15-8-7-14-6-3/h4-9,12H2,1-3H3. The Hall–Kier alpha value is -0.610. The van der Waals surface area contributed by atoms with Gasteiger partial charge in [0.25, 0.3) is 0 Å². The number of ether oxygens (including phenoxy) is 2. The molecule has 0 radical (unpaired) electrons. The molecule has 0 atom stereocenters. The van der Waals surface area contributed by atoms with E-state index in [9.17, 15) is 4.79 Å². The van der Waals surface area contributed by atoms with Crippen LogP contribution in [0.1, 0.15) is 33.6 Å². The van der Waals surface area contributed by atoms with Gasteiger partial charge in [0.2, 0.25) is 0 Å². The number of carbonyl (C=O) groups excluding carboxylic acids is 1. The zero-order chi connectivity index (χ0) is 11.7. The van der Waals surface area contributed by atoms with Crippen LogP contribution in [0.25, 0.3) is 0 Å². The van der Waals surface area contributed by atoms with Crippen LogP contribution in [0.4, 0.5) is 0 Å². The van der Waals surface area contributed by atoms with Gasteiger partial charge in [-0.2, -0.15) is 0 Å². The first-order chi connectivity index (χ1) is 7.16. The zero-order valence-corrected chi connectivity index (χ0v) is 10.0. The molecule has 15 heavy (non-hydrogen) atoms. The summed E-state index contributed by atoms with van der Waals surface area (Å²) in [6, 6.07) is 0. The Labute approximate surface area is 92.1 Å². The molecule has 0 bridgehead atoms. The fourth-order valence-corrected chi connectivity index (χ4v) is 1.40. The first-order valence-electron chi connectivity index (χ1n) is 5.61. The van der Waals surface area contributed by atoms with E-state index in [1.54, 1.807) is 0 Å². The molecule has 90 valence electrons. The van der Waals surface area contributed by atoms with Gasteiger partial charge in [0.05, 0.1) is 12.0 Å². The van der Waals surface area contributed by atoms with E-state index in [-0.39, 0.29) is 5.97 Å². The maximum absolute atomic E-state index is 11.8. The molecule has 0 saturated heterocycles. The summed E-state index contributed by atoms with van der Waals surface area (Å²) in [5.41, 5.74) is 5.12. The van der Waals surface area contributed by atoms with Gasteiger partial charge in [-0.1, -0.05) is 13.8 Å². The smallest absolute Gasteiger partial charge is 0.313 e. The Balaban J connectivity index is 4.04. The number of nitrogens with two attached hydrogens (primary N) is 1. The van der Waals surface area contributed by atoms with Crippen LogP contribution < -0.4 is 5.73 Å². The molecule has 0 aliphatic rings. The lowest BCUT2D eigenvalue weighted by Gasteiger charge is -2.27. The Kier molecular flexibility index (Phi) is 7.34. The highest BCUT2D eigenvalue weighted by molar-refractivity contribution is 5.77. The average Bonchev–Trinajstić information content (AvgIpc) is 2.28. The van der Waals surface area contributed by atoms with Crippen molar-refractivity contribution in [3.8, 4) is 0 Å². The van der Waals surface area contributed by atoms with E-state index < -0.39 is 5.41 Å². The van der Waals surface area contributed by atoms with E-state index in [1.807, 2.05) is 20.8 Å². The van der Waals surface area contributed by atoms with Gasteiger partial charge in [-0.25, -0.2) is 0 Å². The van der Waals surface area contributed by atoms with Crippen molar-refractivity contribution in [3.05, 3.63) is 0 Å². The molecule has 0 aliphatic carbocycles. The lowest BCUT2D eigenvalue weighted by Crippen LogP contribution is -2.39. The zero-order valence-electron chi connectivity index (χ0n) is 10.0. The Morgan fingerprint density at radius 1 is 1.20 bits per heavy atom. The molecule has 2 N–H and O–H groups in total. The van der Waals surface area contributed by atoms with E-state index in [0.717, 1.165) is 0 Å². The predicted octanol–water partition coefficient (Wildman–Crippen LogP) is 1.33. The van der Waals surface area contributed by atoms with Crippen molar-refractivity contribution >= 4 is 5.97 Å². The van der Waals surface area contributed by atoms with E-state index in [0.29, 0.717) is 39.2 Å². The fourth-order valence-electron chi connectivity index (χ4n) is 1.40. The van der Waals surface area contributed by atoms with Gasteiger partial charge < -0.3 is 15.2 Å². The monoisotopic (exact) mass is 217 g/mol. The summed E-state index contributed by atoms with van der Waals surface area (Å²) in [6.07, 6.45) is 1.43. The van der Waals surface area contributed by atoms with E-state index >= 15 is 0 Å². The van der Waals surface area contributed by atoms with Crippen molar-refractivity contribution in [2.24, 2.45) is 11.1 Å². The van der Waals surface area contributed by atoms with Crippen LogP contribution in [0.5, 0.6) is 0 Å². The van der Waals surface area contributed by atoms with Gasteiger partial charge in [-0.3, -0.25) is 4.79 Å². The predicted molar refractivity (Wildman–Crippen MR) is 59.5 cm³/mol. The van der Waals surface area contributed by atoms with Gasteiger partial charge >= 0.3 is 5.97 Å². The molecule has 0 aliphatic heterocycles. The second-order valence-electron chi connectivity index (χ2n) is 3.52. The minimum absolute atomic E-state index is 0.199.